The predicted octanol–water partition coefficient (Wildman–Crippen LogP) is 2.27. The summed E-state index contributed by atoms with van der Waals surface area (Å²) in [5.74, 6) is 0.361. The monoisotopic (exact) mass is 280 g/mol. The number of hydrogen-bond acceptors (Lipinski definition) is 4. The number of unbranched alkanes of at least 4 members (excludes halogenated alkanes) is 3. The number of piperidine rings is 1. The van der Waals surface area contributed by atoms with Crippen molar-refractivity contribution in [1.82, 2.24) is 9.80 Å². The molecule has 2 aliphatic heterocycles. The van der Waals surface area contributed by atoms with E-state index in [2.05, 4.69) is 9.80 Å². The fraction of sp³-hybridized carbons (Fsp3) is 0.750. The first-order valence-corrected chi connectivity index (χ1v) is 7.96. The summed E-state index contributed by atoms with van der Waals surface area (Å²) in [6.45, 7) is 5.09. The second-order valence-electron chi connectivity index (χ2n) is 5.96. The van der Waals surface area contributed by atoms with Crippen molar-refractivity contribution in [3.63, 3.8) is 0 Å². The molecule has 0 aromatic rings. The highest BCUT2D eigenvalue weighted by atomic mass is 16.3. The van der Waals surface area contributed by atoms with Gasteiger partial charge in [-0.05, 0) is 44.8 Å². The third-order valence-electron chi connectivity index (χ3n) is 4.09. The highest BCUT2D eigenvalue weighted by molar-refractivity contribution is 5.14. The van der Waals surface area contributed by atoms with E-state index in [0.717, 1.165) is 45.6 Å². The van der Waals surface area contributed by atoms with Crippen LogP contribution in [0, 0.1) is 0 Å². The summed E-state index contributed by atoms with van der Waals surface area (Å²) < 4.78 is 0. The molecule has 0 aromatic heterocycles. The summed E-state index contributed by atoms with van der Waals surface area (Å²) >= 11 is 0. The average molecular weight is 280 g/mol. The minimum absolute atomic E-state index is 0.102. The number of nitrogens with zero attached hydrogens (tertiary/aromatic N) is 2. The zero-order valence-electron chi connectivity index (χ0n) is 12.4. The van der Waals surface area contributed by atoms with Gasteiger partial charge in [-0.1, -0.05) is 18.9 Å². The Morgan fingerprint density at radius 3 is 2.70 bits per heavy atom. The van der Waals surface area contributed by atoms with Crippen molar-refractivity contribution in [3.05, 3.63) is 24.1 Å². The van der Waals surface area contributed by atoms with Crippen LogP contribution in [-0.2, 0) is 0 Å². The molecule has 0 spiro atoms. The molecule has 20 heavy (non-hydrogen) atoms. The van der Waals surface area contributed by atoms with Gasteiger partial charge in [-0.25, -0.2) is 0 Å². The van der Waals surface area contributed by atoms with Gasteiger partial charge in [-0.3, -0.25) is 0 Å². The molecule has 2 aliphatic rings. The topological polar surface area (TPSA) is 46.9 Å². The van der Waals surface area contributed by atoms with Crippen molar-refractivity contribution < 1.29 is 10.2 Å². The lowest BCUT2D eigenvalue weighted by molar-refractivity contribution is 0.0698. The molecule has 2 N–H and O–H groups in total. The van der Waals surface area contributed by atoms with Crippen molar-refractivity contribution >= 4 is 0 Å². The normalized spacial score (nSPS) is 23.9. The first kappa shape index (κ1) is 15.4. The molecule has 1 saturated heterocycles. The van der Waals surface area contributed by atoms with Crippen LogP contribution in [0.1, 0.15) is 38.5 Å². The first-order valence-electron chi connectivity index (χ1n) is 7.96. The summed E-state index contributed by atoms with van der Waals surface area (Å²) in [6.07, 6.45) is 12.5. The average Bonchev–Trinajstić information content (AvgIpc) is 2.43. The number of hydrogen-bond donors (Lipinski definition) is 2. The maximum absolute atomic E-state index is 9.61. The second-order valence-corrected chi connectivity index (χ2v) is 5.96. The fourth-order valence-electron chi connectivity index (χ4n) is 2.99. The molecule has 2 rings (SSSR count). The minimum atomic E-state index is -0.102. The number of allylic oxidation sites excluding steroid dienone is 1. The smallest absolute Gasteiger partial charge is 0.131 e. The minimum Gasteiger partial charge on any atom is -0.506 e. The maximum Gasteiger partial charge on any atom is 0.131 e. The van der Waals surface area contributed by atoms with Crippen LogP contribution in [-0.4, -0.2) is 58.8 Å². The van der Waals surface area contributed by atoms with Gasteiger partial charge < -0.3 is 20.0 Å². The second kappa shape index (κ2) is 8.32. The van der Waals surface area contributed by atoms with Crippen LogP contribution >= 0.6 is 0 Å². The Kier molecular flexibility index (Phi) is 6.40. The van der Waals surface area contributed by atoms with Gasteiger partial charge in [0.05, 0.1) is 6.10 Å². The molecule has 1 atom stereocenters. The van der Waals surface area contributed by atoms with Gasteiger partial charge in [0.1, 0.15) is 5.76 Å². The van der Waals surface area contributed by atoms with Crippen LogP contribution in [0.2, 0.25) is 0 Å². The van der Waals surface area contributed by atoms with E-state index in [1.165, 1.54) is 25.7 Å². The van der Waals surface area contributed by atoms with Gasteiger partial charge in [0, 0.05) is 25.8 Å². The number of aliphatic hydroxyl groups is 2. The molecule has 0 bridgehead atoms. The third kappa shape index (κ3) is 5.55. The van der Waals surface area contributed by atoms with Crippen molar-refractivity contribution in [2.45, 2.75) is 44.6 Å². The lowest BCUT2D eigenvalue weighted by Gasteiger charge is -2.29. The van der Waals surface area contributed by atoms with Crippen LogP contribution in [0.15, 0.2) is 24.1 Å². The zero-order chi connectivity index (χ0) is 14.2. The summed E-state index contributed by atoms with van der Waals surface area (Å²) in [6, 6.07) is 0. The molecule has 0 radical (unpaired) electrons. The summed E-state index contributed by atoms with van der Waals surface area (Å²) in [7, 11) is 0. The quantitative estimate of drug-likeness (QED) is 0.702. The SMILES string of the molecule is OC1=CN(CCCCCCN2CCCC(O)C2)CC=C1. The Hall–Kier alpha value is -1.00. The van der Waals surface area contributed by atoms with Crippen molar-refractivity contribution in [3.8, 4) is 0 Å². The lowest BCUT2D eigenvalue weighted by atomic mass is 10.1. The molecule has 0 aliphatic carbocycles. The number of likely N-dealkylation sites (tertiary alicyclic amines) is 1. The Labute approximate surface area is 122 Å². The summed E-state index contributed by atoms with van der Waals surface area (Å²) in [5.41, 5.74) is 0. The van der Waals surface area contributed by atoms with Gasteiger partial charge in [-0.15, -0.1) is 0 Å². The van der Waals surface area contributed by atoms with Gasteiger partial charge in [0.2, 0.25) is 0 Å². The molecule has 0 aromatic carbocycles. The fourth-order valence-corrected chi connectivity index (χ4v) is 2.99. The van der Waals surface area contributed by atoms with E-state index in [1.807, 2.05) is 12.3 Å². The number of β-amino-alcohol motifs (C(OH)–C–C–N with tert-alkyl or cyclic N) is 1. The standard InChI is InChI=1S/C16H28N2O2/c19-15-7-5-11-17(13-15)9-3-1-2-4-10-18-12-6-8-16(20)14-18/h5,7,13,16,19-20H,1-4,6,8-12,14H2. The highest BCUT2D eigenvalue weighted by Gasteiger charge is 2.16. The third-order valence-corrected chi connectivity index (χ3v) is 4.09. The zero-order valence-corrected chi connectivity index (χ0v) is 12.4. The molecule has 0 saturated carbocycles. The van der Waals surface area contributed by atoms with Crippen LogP contribution in [0.5, 0.6) is 0 Å². The largest absolute Gasteiger partial charge is 0.506 e. The van der Waals surface area contributed by atoms with Gasteiger partial charge >= 0.3 is 0 Å². The summed E-state index contributed by atoms with van der Waals surface area (Å²) in [4.78, 5) is 4.56. The Bertz CT molecular complexity index is 341. The van der Waals surface area contributed by atoms with Crippen LogP contribution in [0.25, 0.3) is 0 Å². The van der Waals surface area contributed by atoms with Crippen LogP contribution < -0.4 is 0 Å². The van der Waals surface area contributed by atoms with E-state index in [-0.39, 0.29) is 6.10 Å². The van der Waals surface area contributed by atoms with Gasteiger partial charge in [0.15, 0.2) is 0 Å². The molecular formula is C16H28N2O2. The van der Waals surface area contributed by atoms with E-state index in [4.69, 9.17) is 0 Å². The number of rotatable bonds is 7. The Balaban J connectivity index is 1.47. The van der Waals surface area contributed by atoms with Crippen LogP contribution in [0.3, 0.4) is 0 Å². The highest BCUT2D eigenvalue weighted by Crippen LogP contribution is 2.12. The predicted molar refractivity (Wildman–Crippen MR) is 81.6 cm³/mol. The Morgan fingerprint density at radius 1 is 1.15 bits per heavy atom. The van der Waals surface area contributed by atoms with Crippen LogP contribution in [0.4, 0.5) is 0 Å². The van der Waals surface area contributed by atoms with E-state index in [9.17, 15) is 10.2 Å². The van der Waals surface area contributed by atoms with E-state index < -0.39 is 0 Å². The van der Waals surface area contributed by atoms with E-state index in [1.54, 1.807) is 6.08 Å². The van der Waals surface area contributed by atoms with Crippen molar-refractivity contribution in [2.75, 3.05) is 32.7 Å². The lowest BCUT2D eigenvalue weighted by Crippen LogP contribution is -2.38. The Morgan fingerprint density at radius 2 is 1.95 bits per heavy atom. The van der Waals surface area contributed by atoms with E-state index >= 15 is 0 Å². The molecule has 1 unspecified atom stereocenters. The molecule has 0 amide bonds. The summed E-state index contributed by atoms with van der Waals surface area (Å²) in [5, 5.41) is 19.0. The van der Waals surface area contributed by atoms with Crippen molar-refractivity contribution in [2.24, 2.45) is 0 Å². The van der Waals surface area contributed by atoms with Gasteiger partial charge in [-0.2, -0.15) is 0 Å². The maximum atomic E-state index is 9.61. The first-order chi connectivity index (χ1) is 9.74. The molecule has 1 fully saturated rings. The molecule has 4 nitrogen and oxygen atoms in total. The number of aliphatic hydroxyl groups excluding tert-OH is 2. The molecular weight excluding hydrogens is 252 g/mol. The molecule has 2 heterocycles. The van der Waals surface area contributed by atoms with Crippen molar-refractivity contribution in [1.29, 1.82) is 0 Å². The molecule has 114 valence electrons. The van der Waals surface area contributed by atoms with Gasteiger partial charge in [0.25, 0.3) is 0 Å². The van der Waals surface area contributed by atoms with E-state index in [0.29, 0.717) is 5.76 Å². The molecule has 4 heteroatoms.